The van der Waals surface area contributed by atoms with E-state index in [9.17, 15) is 19.7 Å². The molecule has 3 aromatic carbocycles. The second kappa shape index (κ2) is 9.86. The molecule has 0 fully saturated rings. The van der Waals surface area contributed by atoms with Gasteiger partial charge >= 0.3 is 6.09 Å². The largest absolute Gasteiger partial charge is 0.444 e. The van der Waals surface area contributed by atoms with Crippen LogP contribution in [-0.4, -0.2) is 43.5 Å². The van der Waals surface area contributed by atoms with Crippen LogP contribution in [0.3, 0.4) is 0 Å². The number of anilines is 1. The molecule has 0 atom stereocenters. The molecule has 2 amide bonds. The lowest BCUT2D eigenvalue weighted by Crippen LogP contribution is -2.42. The number of non-ortho nitro benzene ring substituents is 1. The molecule has 1 aromatic heterocycles. The molecule has 10 heteroatoms. The normalized spacial score (nSPS) is 13.2. The van der Waals surface area contributed by atoms with E-state index in [1.54, 1.807) is 49.9 Å². The summed E-state index contributed by atoms with van der Waals surface area (Å²) in [6, 6.07) is 17.6. The minimum atomic E-state index is -0.663. The number of aryl methyl sites for hydroxylation is 1. The number of amides is 2. The second-order valence-corrected chi connectivity index (χ2v) is 10.5. The first kappa shape index (κ1) is 25.9. The van der Waals surface area contributed by atoms with Crippen LogP contribution in [0.1, 0.15) is 42.5 Å². The monoisotopic (exact) mass is 527 g/mol. The zero-order valence-corrected chi connectivity index (χ0v) is 22.2. The Morgan fingerprint density at radius 2 is 1.69 bits per heavy atom. The van der Waals surface area contributed by atoms with Gasteiger partial charge in [-0.3, -0.25) is 14.9 Å². The van der Waals surface area contributed by atoms with Crippen molar-refractivity contribution in [1.29, 1.82) is 0 Å². The van der Waals surface area contributed by atoms with Crippen LogP contribution in [0, 0.1) is 17.0 Å². The maximum absolute atomic E-state index is 13.5. The molecule has 2 heterocycles. The van der Waals surface area contributed by atoms with Gasteiger partial charge in [0.25, 0.3) is 11.6 Å². The molecule has 5 rings (SSSR count). The molecular formula is C29H29N5O5. The number of nitro groups is 1. The van der Waals surface area contributed by atoms with E-state index in [2.05, 4.69) is 5.32 Å². The first-order valence-electron chi connectivity index (χ1n) is 12.6. The number of nitro benzene ring substituents is 1. The van der Waals surface area contributed by atoms with Crippen molar-refractivity contribution >= 4 is 34.1 Å². The van der Waals surface area contributed by atoms with Crippen LogP contribution >= 0.6 is 0 Å². The number of benzene rings is 3. The number of ether oxygens (including phenoxy) is 1. The summed E-state index contributed by atoms with van der Waals surface area (Å²) in [5.41, 5.74) is 2.42. The molecule has 0 saturated heterocycles. The van der Waals surface area contributed by atoms with Crippen LogP contribution in [0.2, 0.25) is 0 Å². The summed E-state index contributed by atoms with van der Waals surface area (Å²) in [6.07, 6.45) is -0.470. The number of imidazole rings is 1. The number of carbonyl (C=O) groups is 2. The van der Waals surface area contributed by atoms with E-state index in [-0.39, 0.29) is 17.9 Å². The predicted octanol–water partition coefficient (Wildman–Crippen LogP) is 5.92. The fourth-order valence-electron chi connectivity index (χ4n) is 4.71. The lowest BCUT2D eigenvalue weighted by molar-refractivity contribution is -0.383. The number of rotatable bonds is 4. The van der Waals surface area contributed by atoms with Crippen LogP contribution in [0.5, 0.6) is 0 Å². The summed E-state index contributed by atoms with van der Waals surface area (Å²) in [5, 5.41) is 15.7. The Hall–Kier alpha value is -4.73. The molecule has 10 nitrogen and oxygen atoms in total. The van der Waals surface area contributed by atoms with E-state index in [0.717, 1.165) is 5.56 Å². The van der Waals surface area contributed by atoms with Crippen molar-refractivity contribution in [2.75, 3.05) is 11.9 Å². The van der Waals surface area contributed by atoms with Crippen LogP contribution in [0.4, 0.5) is 16.2 Å². The van der Waals surface area contributed by atoms with Crippen molar-refractivity contribution in [1.82, 2.24) is 14.5 Å². The molecule has 0 spiro atoms. The quantitative estimate of drug-likeness (QED) is 0.260. The minimum absolute atomic E-state index is 0.00629. The summed E-state index contributed by atoms with van der Waals surface area (Å²) in [6.45, 7) is 8.23. The molecule has 0 aliphatic carbocycles. The highest BCUT2D eigenvalue weighted by atomic mass is 16.6. The molecule has 0 unspecified atom stereocenters. The van der Waals surface area contributed by atoms with Gasteiger partial charge in [0.1, 0.15) is 11.4 Å². The number of nitrogens with one attached hydrogen (secondary N) is 1. The van der Waals surface area contributed by atoms with Crippen LogP contribution in [-0.2, 0) is 17.8 Å². The van der Waals surface area contributed by atoms with Gasteiger partial charge in [0.05, 0.1) is 22.5 Å². The van der Waals surface area contributed by atoms with E-state index in [1.807, 2.05) is 41.8 Å². The SMILES string of the molecule is Cc1ccc(NC(=O)c2nc(-c3cccc4c([N+](=O)[O-])cccc34)n3c2CN(C(=O)OC(C)(C)C)CC3)cc1. The Balaban J connectivity index is 1.61. The highest BCUT2D eigenvalue weighted by molar-refractivity contribution is 6.05. The molecule has 1 N–H and O–H groups in total. The number of aromatic nitrogens is 2. The second-order valence-electron chi connectivity index (χ2n) is 10.5. The van der Waals surface area contributed by atoms with Gasteiger partial charge in [-0.1, -0.05) is 42.0 Å². The molecule has 39 heavy (non-hydrogen) atoms. The Bertz CT molecular complexity index is 1600. The van der Waals surface area contributed by atoms with E-state index < -0.39 is 22.5 Å². The Morgan fingerprint density at radius 3 is 2.38 bits per heavy atom. The predicted molar refractivity (Wildman–Crippen MR) is 148 cm³/mol. The average molecular weight is 528 g/mol. The first-order chi connectivity index (χ1) is 18.5. The zero-order chi connectivity index (χ0) is 27.9. The lowest BCUT2D eigenvalue weighted by atomic mass is 10.0. The minimum Gasteiger partial charge on any atom is -0.444 e. The summed E-state index contributed by atoms with van der Waals surface area (Å²) in [5.74, 6) is 0.0973. The summed E-state index contributed by atoms with van der Waals surface area (Å²) in [7, 11) is 0. The van der Waals surface area contributed by atoms with Gasteiger partial charge < -0.3 is 19.5 Å². The van der Waals surface area contributed by atoms with Crippen molar-refractivity contribution in [3.63, 3.8) is 0 Å². The fourth-order valence-corrected chi connectivity index (χ4v) is 4.71. The molecule has 1 aliphatic rings. The van der Waals surface area contributed by atoms with Crippen LogP contribution in [0.25, 0.3) is 22.2 Å². The standard InChI is InChI=1S/C29H29N5O5/c1-18-11-13-19(14-12-18)30-27(35)25-24-17-32(28(36)39-29(2,3)4)15-16-33(24)26(31-25)22-9-5-8-21-20(22)7-6-10-23(21)34(37)38/h5-14H,15-17H2,1-4H3,(H,30,35). The van der Waals surface area contributed by atoms with Gasteiger partial charge in [-0.15, -0.1) is 0 Å². The van der Waals surface area contributed by atoms with Crippen molar-refractivity contribution in [2.45, 2.75) is 46.4 Å². The number of nitrogens with zero attached hydrogens (tertiary/aromatic N) is 4. The molecule has 1 aliphatic heterocycles. The van der Waals surface area contributed by atoms with Crippen molar-refractivity contribution in [3.05, 3.63) is 87.7 Å². The smallest absolute Gasteiger partial charge is 0.410 e. The summed E-state index contributed by atoms with van der Waals surface area (Å²) in [4.78, 5) is 44.0. The van der Waals surface area contributed by atoms with Gasteiger partial charge in [0.15, 0.2) is 5.69 Å². The van der Waals surface area contributed by atoms with Crippen molar-refractivity contribution in [3.8, 4) is 11.4 Å². The highest BCUT2D eigenvalue weighted by Gasteiger charge is 2.32. The van der Waals surface area contributed by atoms with E-state index in [4.69, 9.17) is 9.72 Å². The first-order valence-corrected chi connectivity index (χ1v) is 12.6. The van der Waals surface area contributed by atoms with Gasteiger partial charge in [-0.25, -0.2) is 9.78 Å². The third-order valence-electron chi connectivity index (χ3n) is 6.52. The van der Waals surface area contributed by atoms with Crippen LogP contribution < -0.4 is 5.32 Å². The molecule has 0 bridgehead atoms. The van der Waals surface area contributed by atoms with Crippen molar-refractivity contribution < 1.29 is 19.2 Å². The number of hydrogen-bond acceptors (Lipinski definition) is 6. The Kier molecular flexibility index (Phi) is 6.55. The van der Waals surface area contributed by atoms with E-state index in [0.29, 0.717) is 46.6 Å². The van der Waals surface area contributed by atoms with Gasteiger partial charge in [0.2, 0.25) is 0 Å². The highest BCUT2D eigenvalue weighted by Crippen LogP contribution is 2.35. The number of fused-ring (bicyclic) bond motifs is 2. The third kappa shape index (κ3) is 5.18. The molecule has 0 saturated carbocycles. The Morgan fingerprint density at radius 1 is 1.00 bits per heavy atom. The fraction of sp³-hybridized carbons (Fsp3) is 0.276. The lowest BCUT2D eigenvalue weighted by Gasteiger charge is -2.31. The molecule has 0 radical (unpaired) electrons. The molecule has 4 aromatic rings. The number of hydrogen-bond donors (Lipinski definition) is 1. The topological polar surface area (TPSA) is 120 Å². The summed E-state index contributed by atoms with van der Waals surface area (Å²) < 4.78 is 7.49. The Labute approximate surface area is 225 Å². The maximum Gasteiger partial charge on any atom is 0.410 e. The number of carbonyl (C=O) groups excluding carboxylic acids is 2. The average Bonchev–Trinajstić information content (AvgIpc) is 3.27. The maximum atomic E-state index is 13.5. The molecule has 200 valence electrons. The summed E-state index contributed by atoms with van der Waals surface area (Å²) >= 11 is 0. The third-order valence-corrected chi connectivity index (χ3v) is 6.52. The molecular weight excluding hydrogens is 498 g/mol. The van der Waals surface area contributed by atoms with E-state index in [1.165, 1.54) is 6.07 Å². The van der Waals surface area contributed by atoms with Gasteiger partial charge in [0, 0.05) is 30.4 Å². The van der Waals surface area contributed by atoms with Crippen molar-refractivity contribution in [2.24, 2.45) is 0 Å². The van der Waals surface area contributed by atoms with Gasteiger partial charge in [-0.2, -0.15) is 0 Å². The zero-order valence-electron chi connectivity index (χ0n) is 22.2. The van der Waals surface area contributed by atoms with Gasteiger partial charge in [-0.05, 0) is 51.3 Å². The van der Waals surface area contributed by atoms with E-state index >= 15 is 0 Å². The van der Waals surface area contributed by atoms with Crippen LogP contribution in [0.15, 0.2) is 60.7 Å².